The van der Waals surface area contributed by atoms with Crippen molar-refractivity contribution in [3.8, 4) is 34.5 Å². The van der Waals surface area contributed by atoms with Gasteiger partial charge in [-0.05, 0) is 50.8 Å². The fourth-order valence-electron chi connectivity index (χ4n) is 2.97. The Hall–Kier alpha value is -2.84. The zero-order chi connectivity index (χ0) is 28.0. The van der Waals surface area contributed by atoms with Gasteiger partial charge in [-0.3, -0.25) is 4.79 Å². The number of nitrogens with zero attached hydrogens (tertiary/aromatic N) is 3. The van der Waals surface area contributed by atoms with E-state index in [-0.39, 0.29) is 33.4 Å². The van der Waals surface area contributed by atoms with Gasteiger partial charge in [-0.2, -0.15) is 4.98 Å². The van der Waals surface area contributed by atoms with E-state index in [1.54, 1.807) is 18.2 Å². The van der Waals surface area contributed by atoms with Gasteiger partial charge in [-0.1, -0.05) is 28.4 Å². The van der Waals surface area contributed by atoms with Crippen LogP contribution in [0.25, 0.3) is 22.8 Å². The molecule has 0 unspecified atom stereocenters. The summed E-state index contributed by atoms with van der Waals surface area (Å²) in [4.78, 5) is 19.0. The summed E-state index contributed by atoms with van der Waals surface area (Å²) in [6, 6.07) is 6.04. The van der Waals surface area contributed by atoms with Crippen LogP contribution in [0, 0.1) is 5.92 Å². The Morgan fingerprint density at radius 3 is 2.81 bits per heavy atom. The molecule has 0 saturated heterocycles. The van der Waals surface area contributed by atoms with Gasteiger partial charge in [0.2, 0.25) is 11.7 Å². The molecule has 162 valence electrons. The zero-order valence-electron chi connectivity index (χ0n) is 22.6. The highest BCUT2D eigenvalue weighted by atomic mass is 35.5. The van der Waals surface area contributed by atoms with E-state index in [4.69, 9.17) is 51.9 Å². The number of carbonyl (C=O) groups is 1. The van der Waals surface area contributed by atoms with Crippen LogP contribution >= 0.6 is 23.2 Å². The van der Waals surface area contributed by atoms with Crippen molar-refractivity contribution in [1.82, 2.24) is 15.1 Å². The highest BCUT2D eigenvalue weighted by molar-refractivity contribution is 6.33. The van der Waals surface area contributed by atoms with E-state index < -0.39 is 37.6 Å². The second kappa shape index (κ2) is 8.72. The molecule has 1 aromatic carbocycles. The monoisotopic (exact) mass is 470 g/mol. The topological polar surface area (TPSA) is 108 Å². The van der Waals surface area contributed by atoms with Gasteiger partial charge in [0.05, 0.1) is 24.0 Å². The van der Waals surface area contributed by atoms with Crippen molar-refractivity contribution < 1.29 is 33.5 Å². The number of rotatable bonds is 7. The van der Waals surface area contributed by atoms with Crippen molar-refractivity contribution in [1.29, 1.82) is 0 Å². The number of carboxylic acids is 1. The van der Waals surface area contributed by atoms with Gasteiger partial charge in [0.15, 0.2) is 0 Å². The summed E-state index contributed by atoms with van der Waals surface area (Å²) in [5.74, 6) is -1.28. The number of hydrogen-bond donors (Lipinski definition) is 1. The maximum atomic E-state index is 10.9. The molecule has 1 aliphatic carbocycles. The average Bonchev–Trinajstić information content (AvgIpc) is 3.25. The first-order chi connectivity index (χ1) is 17.6. The molecule has 0 radical (unpaired) electrons. The number of aliphatic carboxylic acids is 1. The summed E-state index contributed by atoms with van der Waals surface area (Å²) in [6.45, 7) is -6.66. The van der Waals surface area contributed by atoms with Gasteiger partial charge in [-0.25, -0.2) is 4.98 Å². The number of aromatic nitrogens is 3. The third-order valence-corrected chi connectivity index (χ3v) is 5.19. The maximum Gasteiger partial charge on any atom is 0.306 e. The Kier molecular flexibility index (Phi) is 4.01. The van der Waals surface area contributed by atoms with E-state index in [1.807, 2.05) is 0 Å². The van der Waals surface area contributed by atoms with Crippen molar-refractivity contribution in [3.63, 3.8) is 0 Å². The standard InChI is InChI=1S/C21H19Cl2N3O5/c1-10(2)29-20-17(23)7-12(9-24-20)19-25-18(26-31-19)15-4-3-13(8-16(15)22)30-14-5-11(6-14)21(27)28/h3-4,7-11,14H,5-6H2,1-2H3,(H,27,28)/i1D3,2D3,10D. The Morgan fingerprint density at radius 2 is 2.13 bits per heavy atom. The quantitative estimate of drug-likeness (QED) is 0.505. The van der Waals surface area contributed by atoms with Gasteiger partial charge in [0, 0.05) is 20.0 Å². The Labute approximate surface area is 197 Å². The molecule has 3 aromatic rings. The summed E-state index contributed by atoms with van der Waals surface area (Å²) in [5.41, 5.74) is 0.618. The highest BCUT2D eigenvalue weighted by Gasteiger charge is 2.36. The predicted molar refractivity (Wildman–Crippen MR) is 114 cm³/mol. The van der Waals surface area contributed by atoms with Gasteiger partial charge < -0.3 is 19.1 Å². The van der Waals surface area contributed by atoms with Crippen molar-refractivity contribution in [2.75, 3.05) is 0 Å². The molecule has 0 spiro atoms. The number of hydrogen-bond acceptors (Lipinski definition) is 7. The lowest BCUT2D eigenvalue weighted by molar-refractivity contribution is -0.147. The van der Waals surface area contributed by atoms with Gasteiger partial charge in [0.25, 0.3) is 5.89 Å². The number of halogens is 2. The molecule has 2 aromatic heterocycles. The number of ether oxygens (including phenoxy) is 2. The van der Waals surface area contributed by atoms with Gasteiger partial charge in [-0.15, -0.1) is 0 Å². The lowest BCUT2D eigenvalue weighted by atomic mass is 9.82. The fraction of sp³-hybridized carbons (Fsp3) is 0.333. The lowest BCUT2D eigenvalue weighted by Gasteiger charge is -2.32. The molecule has 31 heavy (non-hydrogen) atoms. The molecule has 10 heteroatoms. The Bertz CT molecular complexity index is 1350. The lowest BCUT2D eigenvalue weighted by Crippen LogP contribution is -2.38. The first-order valence-corrected chi connectivity index (χ1v) is 9.72. The van der Waals surface area contributed by atoms with Crippen molar-refractivity contribution in [2.24, 2.45) is 5.92 Å². The van der Waals surface area contributed by atoms with Crippen LogP contribution in [0.4, 0.5) is 0 Å². The number of pyridine rings is 1. The fourth-order valence-corrected chi connectivity index (χ4v) is 3.43. The van der Waals surface area contributed by atoms with E-state index in [0.29, 0.717) is 24.2 Å². The molecule has 1 saturated carbocycles. The Balaban J connectivity index is 1.50. The third kappa shape index (κ3) is 4.75. The molecular weight excluding hydrogens is 445 g/mol. The van der Waals surface area contributed by atoms with Crippen LogP contribution in [-0.4, -0.2) is 38.4 Å². The van der Waals surface area contributed by atoms with Crippen LogP contribution < -0.4 is 9.47 Å². The largest absolute Gasteiger partial charge is 0.490 e. The molecule has 8 nitrogen and oxygen atoms in total. The second-order valence-electron chi connectivity index (χ2n) is 6.75. The van der Waals surface area contributed by atoms with E-state index in [9.17, 15) is 4.79 Å². The van der Waals surface area contributed by atoms with E-state index in [1.165, 1.54) is 6.07 Å². The van der Waals surface area contributed by atoms with E-state index in [2.05, 4.69) is 15.1 Å². The molecule has 0 amide bonds. The first kappa shape index (κ1) is 14.3. The summed E-state index contributed by atoms with van der Waals surface area (Å²) in [7, 11) is 0. The van der Waals surface area contributed by atoms with Crippen LogP contribution in [0.15, 0.2) is 35.0 Å². The number of carboxylic acid groups (broad SMARTS) is 1. The minimum Gasteiger partial charge on any atom is -0.490 e. The molecular formula is C21H19Cl2N3O5. The van der Waals surface area contributed by atoms with Crippen LogP contribution in [0.5, 0.6) is 11.6 Å². The molecule has 1 aliphatic rings. The molecule has 0 atom stereocenters. The van der Waals surface area contributed by atoms with Gasteiger partial charge >= 0.3 is 5.97 Å². The smallest absolute Gasteiger partial charge is 0.306 e. The van der Waals surface area contributed by atoms with Crippen LogP contribution in [-0.2, 0) is 4.79 Å². The van der Waals surface area contributed by atoms with Crippen LogP contribution in [0.2, 0.25) is 10.0 Å². The zero-order valence-corrected chi connectivity index (χ0v) is 17.1. The maximum absolute atomic E-state index is 10.9. The minimum atomic E-state index is -3.33. The molecule has 0 aliphatic heterocycles. The average molecular weight is 471 g/mol. The van der Waals surface area contributed by atoms with Crippen molar-refractivity contribution in [3.05, 3.63) is 40.5 Å². The second-order valence-corrected chi connectivity index (χ2v) is 7.57. The molecule has 0 bridgehead atoms. The first-order valence-electron chi connectivity index (χ1n) is 12.5. The van der Waals surface area contributed by atoms with Crippen molar-refractivity contribution in [2.45, 2.75) is 38.7 Å². The van der Waals surface area contributed by atoms with Crippen LogP contribution in [0.1, 0.15) is 36.1 Å². The predicted octanol–water partition coefficient (Wildman–Crippen LogP) is 5.13. The van der Waals surface area contributed by atoms with Crippen LogP contribution in [0.3, 0.4) is 0 Å². The van der Waals surface area contributed by atoms with E-state index >= 15 is 0 Å². The SMILES string of the molecule is [2H]C([2H])([2H])C([2H])(Oc1ncc(-c2nc(-c3ccc(OC4CC(C(=O)O)C4)cc3Cl)no2)cc1Cl)C([2H])([2H])[2H]. The summed E-state index contributed by atoms with van der Waals surface area (Å²) in [6.07, 6.45) is -1.55. The Morgan fingerprint density at radius 1 is 1.32 bits per heavy atom. The van der Waals surface area contributed by atoms with Crippen molar-refractivity contribution >= 4 is 29.2 Å². The highest BCUT2D eigenvalue weighted by Crippen LogP contribution is 2.35. The van der Waals surface area contributed by atoms with E-state index in [0.717, 1.165) is 6.20 Å². The normalized spacial score (nSPS) is 22.5. The van der Waals surface area contributed by atoms with Gasteiger partial charge in [0.1, 0.15) is 16.9 Å². The molecule has 1 fully saturated rings. The summed E-state index contributed by atoms with van der Waals surface area (Å²) < 4.78 is 68.6. The molecule has 2 heterocycles. The molecule has 4 rings (SSSR count). The third-order valence-electron chi connectivity index (χ3n) is 4.61. The minimum absolute atomic E-state index is 0.0321. The number of benzene rings is 1. The molecule has 1 N–H and O–H groups in total. The summed E-state index contributed by atoms with van der Waals surface area (Å²) >= 11 is 12.5. The summed E-state index contributed by atoms with van der Waals surface area (Å²) in [5, 5.41) is 12.8.